The average Bonchev–Trinajstić information content (AvgIpc) is 3.18. The Kier molecular flexibility index (Phi) is 7.09. The van der Waals surface area contributed by atoms with Crippen molar-refractivity contribution in [3.63, 3.8) is 0 Å². The van der Waals surface area contributed by atoms with E-state index in [9.17, 15) is 18.8 Å². The summed E-state index contributed by atoms with van der Waals surface area (Å²) in [6.07, 6.45) is 3.54. The van der Waals surface area contributed by atoms with Crippen LogP contribution in [0.2, 0.25) is 0 Å². The van der Waals surface area contributed by atoms with Gasteiger partial charge in [-0.25, -0.2) is 14.0 Å². The third-order valence-corrected chi connectivity index (χ3v) is 7.67. The van der Waals surface area contributed by atoms with Crippen LogP contribution in [-0.4, -0.2) is 53.7 Å². The van der Waals surface area contributed by atoms with Gasteiger partial charge in [0.1, 0.15) is 17.5 Å². The number of esters is 1. The molecule has 1 aromatic carbocycles. The number of nitrogens with one attached hydrogen (secondary N) is 2. The number of ether oxygens (including phenoxy) is 2. The van der Waals surface area contributed by atoms with E-state index in [1.165, 1.54) is 19.2 Å². The van der Waals surface area contributed by atoms with Crippen molar-refractivity contribution in [3.05, 3.63) is 35.1 Å². The third-order valence-electron chi connectivity index (χ3n) is 7.67. The smallest absolute Gasteiger partial charge is 0.408 e. The van der Waals surface area contributed by atoms with E-state index < -0.39 is 23.7 Å². The topological polar surface area (TPSA) is 97.0 Å². The monoisotopic (exact) mass is 489 g/mol. The summed E-state index contributed by atoms with van der Waals surface area (Å²) < 4.78 is 24.1. The van der Waals surface area contributed by atoms with Crippen LogP contribution in [0.1, 0.15) is 64.0 Å². The van der Waals surface area contributed by atoms with E-state index >= 15 is 0 Å². The summed E-state index contributed by atoms with van der Waals surface area (Å²) in [5.41, 5.74) is 0.794. The van der Waals surface area contributed by atoms with Crippen LogP contribution in [0.25, 0.3) is 0 Å². The van der Waals surface area contributed by atoms with Crippen molar-refractivity contribution in [2.75, 3.05) is 13.7 Å². The van der Waals surface area contributed by atoms with Crippen LogP contribution in [0.4, 0.5) is 9.18 Å². The fourth-order valence-electron chi connectivity index (χ4n) is 6.60. The number of rotatable bonds is 6. The number of methoxy groups -OCH3 is 1. The first-order chi connectivity index (χ1) is 16.5. The normalized spacial score (nSPS) is 30.3. The predicted octanol–water partition coefficient (Wildman–Crippen LogP) is 3.27. The van der Waals surface area contributed by atoms with Gasteiger partial charge in [-0.15, -0.1) is 0 Å². The standard InChI is InChI=1S/C26H36FN3O5/c1-16-7-18-10-25(3,35-24(33)29-17(2)23(32)34-4)15-26(9-16,11-18)28-12-22(31)30-13-19-5-6-21(27)8-20(19)14-30/h5-6,8,16-18,28H,7,9-15H2,1-4H3,(H,29,33). The number of fused-ring (bicyclic) bond motifs is 3. The van der Waals surface area contributed by atoms with E-state index in [4.69, 9.17) is 4.74 Å². The van der Waals surface area contributed by atoms with Crippen LogP contribution in [0.15, 0.2) is 18.2 Å². The highest BCUT2D eigenvalue weighted by molar-refractivity contribution is 5.81. The number of halogens is 1. The number of hydrogen-bond donors (Lipinski definition) is 2. The van der Waals surface area contributed by atoms with Crippen LogP contribution in [0.5, 0.6) is 0 Å². The molecule has 1 aromatic rings. The molecule has 5 unspecified atom stereocenters. The molecule has 9 heteroatoms. The van der Waals surface area contributed by atoms with Gasteiger partial charge in [-0.2, -0.15) is 0 Å². The zero-order valence-corrected chi connectivity index (χ0v) is 21.0. The van der Waals surface area contributed by atoms with Gasteiger partial charge >= 0.3 is 12.1 Å². The number of nitrogens with zero attached hydrogens (tertiary/aromatic N) is 1. The minimum atomic E-state index is -0.804. The van der Waals surface area contributed by atoms with E-state index in [0.29, 0.717) is 31.3 Å². The fraction of sp³-hybridized carbons (Fsp3) is 0.654. The molecule has 0 aromatic heterocycles. The molecule has 0 radical (unpaired) electrons. The second kappa shape index (κ2) is 9.76. The van der Waals surface area contributed by atoms with E-state index in [1.807, 2.05) is 6.92 Å². The van der Waals surface area contributed by atoms with Crippen molar-refractivity contribution in [2.45, 2.75) is 83.1 Å². The minimum absolute atomic E-state index is 0.0244. The van der Waals surface area contributed by atoms with E-state index in [0.717, 1.165) is 36.8 Å². The Morgan fingerprint density at radius 3 is 2.69 bits per heavy atom. The molecule has 1 heterocycles. The molecule has 4 rings (SSSR count). The molecule has 0 saturated heterocycles. The SMILES string of the molecule is COC(=O)C(C)NC(=O)OC1(C)CC2CC(C)CC(NCC(=O)N3Cc4ccc(F)cc4C3)(C2)C1. The molecule has 2 amide bonds. The second-order valence-electron chi connectivity index (χ2n) is 11.0. The van der Waals surface area contributed by atoms with Crippen LogP contribution in [0, 0.1) is 17.7 Å². The van der Waals surface area contributed by atoms with Gasteiger partial charge in [0.25, 0.3) is 0 Å². The quantitative estimate of drug-likeness (QED) is 0.596. The van der Waals surface area contributed by atoms with Crippen molar-refractivity contribution >= 4 is 18.0 Å². The van der Waals surface area contributed by atoms with Gasteiger partial charge < -0.3 is 25.0 Å². The Labute approximate surface area is 205 Å². The molecule has 1 aliphatic heterocycles. The van der Waals surface area contributed by atoms with Crippen molar-refractivity contribution in [1.82, 2.24) is 15.5 Å². The number of hydrogen-bond acceptors (Lipinski definition) is 6. The molecule has 2 aliphatic carbocycles. The number of carbonyl (C=O) groups is 3. The lowest BCUT2D eigenvalue weighted by molar-refractivity contribution is -0.142. The van der Waals surface area contributed by atoms with E-state index in [-0.39, 0.29) is 23.8 Å². The molecule has 8 nitrogen and oxygen atoms in total. The highest BCUT2D eigenvalue weighted by atomic mass is 19.1. The summed E-state index contributed by atoms with van der Waals surface area (Å²) >= 11 is 0. The summed E-state index contributed by atoms with van der Waals surface area (Å²) in [6.45, 7) is 6.79. The van der Waals surface area contributed by atoms with Gasteiger partial charge in [-0.1, -0.05) is 13.0 Å². The molecule has 2 saturated carbocycles. The molecule has 3 aliphatic rings. The molecule has 2 N–H and O–H groups in total. The molecule has 2 bridgehead atoms. The second-order valence-corrected chi connectivity index (χ2v) is 11.0. The largest absolute Gasteiger partial charge is 0.467 e. The molecular formula is C26H36FN3O5. The van der Waals surface area contributed by atoms with Crippen molar-refractivity contribution < 1.29 is 28.2 Å². The van der Waals surface area contributed by atoms with Gasteiger partial charge in [-0.3, -0.25) is 4.79 Å². The maximum absolute atomic E-state index is 13.6. The Morgan fingerprint density at radius 1 is 1.20 bits per heavy atom. The van der Waals surface area contributed by atoms with E-state index in [2.05, 4.69) is 22.3 Å². The van der Waals surface area contributed by atoms with Crippen LogP contribution < -0.4 is 10.6 Å². The summed E-state index contributed by atoms with van der Waals surface area (Å²) in [4.78, 5) is 39.0. The van der Waals surface area contributed by atoms with Crippen LogP contribution in [-0.2, 0) is 32.2 Å². The fourth-order valence-corrected chi connectivity index (χ4v) is 6.60. The van der Waals surface area contributed by atoms with Crippen molar-refractivity contribution in [3.8, 4) is 0 Å². The Morgan fingerprint density at radius 2 is 1.94 bits per heavy atom. The summed E-state index contributed by atoms with van der Waals surface area (Å²) in [5.74, 6) is 0.00957. The zero-order chi connectivity index (χ0) is 25.4. The molecular weight excluding hydrogens is 453 g/mol. The van der Waals surface area contributed by atoms with Gasteiger partial charge in [0.15, 0.2) is 0 Å². The van der Waals surface area contributed by atoms with Gasteiger partial charge in [0.05, 0.1) is 13.7 Å². The molecule has 192 valence electrons. The summed E-state index contributed by atoms with van der Waals surface area (Å²) in [5, 5.41) is 6.10. The zero-order valence-electron chi connectivity index (χ0n) is 21.0. The van der Waals surface area contributed by atoms with Gasteiger partial charge in [-0.05, 0) is 74.6 Å². The highest BCUT2D eigenvalue weighted by Gasteiger charge is 2.51. The van der Waals surface area contributed by atoms with Crippen molar-refractivity contribution in [1.29, 1.82) is 0 Å². The first-order valence-corrected chi connectivity index (χ1v) is 12.4. The average molecular weight is 490 g/mol. The third kappa shape index (κ3) is 5.77. The number of amides is 2. The number of benzene rings is 1. The molecule has 5 atom stereocenters. The molecule has 2 fully saturated rings. The Hall–Kier alpha value is -2.68. The number of carbonyl (C=O) groups excluding carboxylic acids is 3. The van der Waals surface area contributed by atoms with Crippen LogP contribution in [0.3, 0.4) is 0 Å². The Balaban J connectivity index is 1.40. The predicted molar refractivity (Wildman–Crippen MR) is 127 cm³/mol. The highest BCUT2D eigenvalue weighted by Crippen LogP contribution is 2.50. The lowest BCUT2D eigenvalue weighted by Gasteiger charge is -2.54. The maximum Gasteiger partial charge on any atom is 0.408 e. The lowest BCUT2D eigenvalue weighted by Crippen LogP contribution is -2.61. The van der Waals surface area contributed by atoms with Crippen LogP contribution >= 0.6 is 0 Å². The van der Waals surface area contributed by atoms with Gasteiger partial charge in [0, 0.05) is 25.0 Å². The van der Waals surface area contributed by atoms with Gasteiger partial charge in [0.2, 0.25) is 5.91 Å². The maximum atomic E-state index is 13.6. The van der Waals surface area contributed by atoms with Crippen molar-refractivity contribution in [2.24, 2.45) is 11.8 Å². The minimum Gasteiger partial charge on any atom is -0.467 e. The first kappa shape index (κ1) is 25.4. The summed E-state index contributed by atoms with van der Waals surface area (Å²) in [6, 6.07) is 3.87. The molecule has 0 spiro atoms. The van der Waals surface area contributed by atoms with E-state index in [1.54, 1.807) is 17.9 Å². The molecule has 35 heavy (non-hydrogen) atoms. The Bertz CT molecular complexity index is 999. The lowest BCUT2D eigenvalue weighted by atomic mass is 9.59. The number of alkyl carbamates (subject to hydrolysis) is 1. The first-order valence-electron chi connectivity index (χ1n) is 12.4. The summed E-state index contributed by atoms with van der Waals surface area (Å²) in [7, 11) is 1.27.